The second kappa shape index (κ2) is 7.62. The van der Waals surface area contributed by atoms with Gasteiger partial charge in [0.2, 0.25) is 5.91 Å². The first-order valence-electron chi connectivity index (χ1n) is 7.42. The van der Waals surface area contributed by atoms with Gasteiger partial charge in [-0.25, -0.2) is 0 Å². The summed E-state index contributed by atoms with van der Waals surface area (Å²) in [7, 11) is 0. The van der Waals surface area contributed by atoms with Crippen LogP contribution in [0, 0.1) is 0 Å². The third-order valence-electron chi connectivity index (χ3n) is 3.82. The Balaban J connectivity index is 1.98. The van der Waals surface area contributed by atoms with Gasteiger partial charge in [-0.15, -0.1) is 0 Å². The summed E-state index contributed by atoms with van der Waals surface area (Å²) < 4.78 is 0. The maximum Gasteiger partial charge on any atom is 0.303 e. The van der Waals surface area contributed by atoms with E-state index in [0.717, 1.165) is 31.4 Å². The van der Waals surface area contributed by atoms with Gasteiger partial charge in [0.05, 0.1) is 0 Å². The fraction of sp³-hybridized carbons (Fsp3) is 0.412. The van der Waals surface area contributed by atoms with E-state index < -0.39 is 5.97 Å². The monoisotopic (exact) mass is 287 g/mol. The molecular weight excluding hydrogens is 266 g/mol. The number of benzene rings is 1. The molecule has 1 aliphatic rings. The van der Waals surface area contributed by atoms with Crippen LogP contribution < -0.4 is 0 Å². The van der Waals surface area contributed by atoms with Gasteiger partial charge in [-0.1, -0.05) is 30.3 Å². The van der Waals surface area contributed by atoms with Crippen molar-refractivity contribution in [1.29, 1.82) is 0 Å². The molecule has 21 heavy (non-hydrogen) atoms. The van der Waals surface area contributed by atoms with Crippen LogP contribution in [0.1, 0.15) is 37.7 Å². The highest BCUT2D eigenvalue weighted by Crippen LogP contribution is 2.21. The number of aliphatic carboxylic acids is 1. The summed E-state index contributed by atoms with van der Waals surface area (Å²) in [5.74, 6) is -0.818. The van der Waals surface area contributed by atoms with Crippen molar-refractivity contribution in [3.05, 3.63) is 42.0 Å². The average molecular weight is 287 g/mol. The molecule has 0 saturated carbocycles. The number of carboxylic acids is 1. The molecule has 1 fully saturated rings. The Morgan fingerprint density at radius 3 is 2.71 bits per heavy atom. The van der Waals surface area contributed by atoms with E-state index in [0.29, 0.717) is 6.42 Å². The van der Waals surface area contributed by atoms with Crippen LogP contribution >= 0.6 is 0 Å². The fourth-order valence-electron chi connectivity index (χ4n) is 2.71. The Morgan fingerprint density at radius 2 is 2.00 bits per heavy atom. The summed E-state index contributed by atoms with van der Waals surface area (Å²) in [6, 6.07) is 9.75. The highest BCUT2D eigenvalue weighted by atomic mass is 16.4. The summed E-state index contributed by atoms with van der Waals surface area (Å²) in [5.41, 5.74) is 0.991. The SMILES string of the molecule is O=C(O)CCC1CCCCN1C(=O)C=Cc1ccccc1. The van der Waals surface area contributed by atoms with Crippen LogP contribution in [0.4, 0.5) is 0 Å². The Hall–Kier alpha value is -2.10. The van der Waals surface area contributed by atoms with Gasteiger partial charge in [-0.05, 0) is 37.3 Å². The molecule has 1 aliphatic heterocycles. The molecule has 4 heteroatoms. The molecule has 112 valence electrons. The second-order valence-corrected chi connectivity index (χ2v) is 5.36. The number of carbonyl (C=O) groups is 2. The van der Waals surface area contributed by atoms with Crippen molar-refractivity contribution in [3.8, 4) is 0 Å². The number of piperidine rings is 1. The topological polar surface area (TPSA) is 57.6 Å². The minimum atomic E-state index is -0.798. The van der Waals surface area contributed by atoms with Crippen molar-refractivity contribution in [2.75, 3.05) is 6.54 Å². The average Bonchev–Trinajstić information content (AvgIpc) is 2.52. The summed E-state index contributed by atoms with van der Waals surface area (Å²) >= 11 is 0. The molecule has 1 aromatic carbocycles. The standard InChI is InChI=1S/C17H21NO3/c19-16(11-9-14-6-2-1-3-7-14)18-13-5-4-8-15(18)10-12-17(20)21/h1-3,6-7,9,11,15H,4-5,8,10,12-13H2,(H,20,21). The number of nitrogens with zero attached hydrogens (tertiary/aromatic N) is 1. The number of carboxylic acid groups (broad SMARTS) is 1. The molecule has 1 atom stereocenters. The normalized spacial score (nSPS) is 18.9. The largest absolute Gasteiger partial charge is 0.481 e. The van der Waals surface area contributed by atoms with Gasteiger partial charge >= 0.3 is 5.97 Å². The molecule has 0 radical (unpaired) electrons. The van der Waals surface area contributed by atoms with Gasteiger partial charge in [-0.2, -0.15) is 0 Å². The molecule has 2 rings (SSSR count). The molecule has 1 saturated heterocycles. The third kappa shape index (κ3) is 4.74. The van der Waals surface area contributed by atoms with Crippen LogP contribution in [0.5, 0.6) is 0 Å². The molecular formula is C17H21NO3. The number of hydrogen-bond acceptors (Lipinski definition) is 2. The highest BCUT2D eigenvalue weighted by Gasteiger charge is 2.25. The molecule has 0 aliphatic carbocycles. The van der Waals surface area contributed by atoms with Gasteiger partial charge in [0, 0.05) is 25.1 Å². The Bertz CT molecular complexity index is 510. The highest BCUT2D eigenvalue weighted by molar-refractivity contribution is 5.92. The van der Waals surface area contributed by atoms with Gasteiger partial charge in [0.25, 0.3) is 0 Å². The maximum absolute atomic E-state index is 12.3. The van der Waals surface area contributed by atoms with Gasteiger partial charge < -0.3 is 10.0 Å². The molecule has 1 N–H and O–H groups in total. The van der Waals surface area contributed by atoms with Crippen molar-refractivity contribution >= 4 is 18.0 Å². The van der Waals surface area contributed by atoms with E-state index >= 15 is 0 Å². The van der Waals surface area contributed by atoms with Crippen molar-refractivity contribution in [1.82, 2.24) is 4.90 Å². The lowest BCUT2D eigenvalue weighted by atomic mass is 9.97. The van der Waals surface area contributed by atoms with E-state index in [1.165, 1.54) is 0 Å². The van der Waals surface area contributed by atoms with Crippen LogP contribution in [0.25, 0.3) is 6.08 Å². The minimum absolute atomic E-state index is 0.0195. The molecule has 0 spiro atoms. The predicted molar refractivity (Wildman–Crippen MR) is 81.7 cm³/mol. The van der Waals surface area contributed by atoms with Crippen LogP contribution in [0.3, 0.4) is 0 Å². The van der Waals surface area contributed by atoms with E-state index in [1.54, 1.807) is 6.08 Å². The molecule has 1 heterocycles. The zero-order valence-electron chi connectivity index (χ0n) is 12.1. The Morgan fingerprint density at radius 1 is 1.24 bits per heavy atom. The molecule has 4 nitrogen and oxygen atoms in total. The predicted octanol–water partition coefficient (Wildman–Crippen LogP) is 2.95. The third-order valence-corrected chi connectivity index (χ3v) is 3.82. The molecule has 1 unspecified atom stereocenters. The number of hydrogen-bond donors (Lipinski definition) is 1. The van der Waals surface area contributed by atoms with Crippen molar-refractivity contribution in [3.63, 3.8) is 0 Å². The van der Waals surface area contributed by atoms with Crippen LogP contribution in [-0.2, 0) is 9.59 Å². The summed E-state index contributed by atoms with van der Waals surface area (Å²) in [4.78, 5) is 24.9. The molecule has 1 amide bonds. The van der Waals surface area contributed by atoms with E-state index in [1.807, 2.05) is 41.3 Å². The first kappa shape index (κ1) is 15.3. The quantitative estimate of drug-likeness (QED) is 0.847. The lowest BCUT2D eigenvalue weighted by molar-refractivity contribution is -0.138. The number of likely N-dealkylation sites (tertiary alicyclic amines) is 1. The van der Waals surface area contributed by atoms with Gasteiger partial charge in [-0.3, -0.25) is 9.59 Å². The second-order valence-electron chi connectivity index (χ2n) is 5.36. The van der Waals surface area contributed by atoms with Crippen LogP contribution in [-0.4, -0.2) is 34.5 Å². The van der Waals surface area contributed by atoms with Crippen molar-refractivity contribution in [2.45, 2.75) is 38.1 Å². The fourth-order valence-corrected chi connectivity index (χ4v) is 2.71. The zero-order valence-corrected chi connectivity index (χ0v) is 12.1. The molecule has 0 bridgehead atoms. The van der Waals surface area contributed by atoms with Crippen molar-refractivity contribution < 1.29 is 14.7 Å². The summed E-state index contributed by atoms with van der Waals surface area (Å²) in [6.45, 7) is 0.724. The maximum atomic E-state index is 12.3. The number of carbonyl (C=O) groups excluding carboxylic acids is 1. The lowest BCUT2D eigenvalue weighted by Gasteiger charge is -2.35. The lowest BCUT2D eigenvalue weighted by Crippen LogP contribution is -2.43. The van der Waals surface area contributed by atoms with Crippen LogP contribution in [0.15, 0.2) is 36.4 Å². The first-order valence-corrected chi connectivity index (χ1v) is 7.42. The summed E-state index contributed by atoms with van der Waals surface area (Å²) in [5, 5.41) is 8.80. The van der Waals surface area contributed by atoms with Gasteiger partial charge in [0.15, 0.2) is 0 Å². The minimum Gasteiger partial charge on any atom is -0.481 e. The van der Waals surface area contributed by atoms with E-state index in [4.69, 9.17) is 5.11 Å². The van der Waals surface area contributed by atoms with E-state index in [-0.39, 0.29) is 18.4 Å². The number of rotatable bonds is 5. The number of amides is 1. The Labute approximate surface area is 125 Å². The zero-order chi connectivity index (χ0) is 15.1. The van der Waals surface area contributed by atoms with Crippen molar-refractivity contribution in [2.24, 2.45) is 0 Å². The van der Waals surface area contributed by atoms with E-state index in [2.05, 4.69) is 0 Å². The smallest absolute Gasteiger partial charge is 0.303 e. The summed E-state index contributed by atoms with van der Waals surface area (Å²) in [6.07, 6.45) is 7.03. The van der Waals surface area contributed by atoms with Crippen LogP contribution in [0.2, 0.25) is 0 Å². The van der Waals surface area contributed by atoms with E-state index in [9.17, 15) is 9.59 Å². The van der Waals surface area contributed by atoms with Gasteiger partial charge in [0.1, 0.15) is 0 Å². The molecule has 0 aromatic heterocycles. The Kier molecular flexibility index (Phi) is 5.55. The molecule has 1 aromatic rings. The first-order chi connectivity index (χ1) is 10.2.